The molecule has 0 aliphatic heterocycles. The van der Waals surface area contributed by atoms with Crippen LogP contribution in [0.1, 0.15) is 20.3 Å². The second-order valence-corrected chi connectivity index (χ2v) is 4.17. The van der Waals surface area contributed by atoms with E-state index < -0.39 is 0 Å². The monoisotopic (exact) mass is 215 g/mol. The smallest absolute Gasteiger partial charge is 0.0397 e. The summed E-state index contributed by atoms with van der Waals surface area (Å²) in [7, 11) is 1.94. The maximum atomic E-state index is 4.08. The van der Waals surface area contributed by atoms with Crippen molar-refractivity contribution < 1.29 is 0 Å². The van der Waals surface area contributed by atoms with Crippen LogP contribution >= 0.6 is 0 Å². The van der Waals surface area contributed by atoms with Crippen molar-refractivity contribution in [3.8, 4) is 0 Å². The maximum Gasteiger partial charge on any atom is 0.0397 e. The second-order valence-electron chi connectivity index (χ2n) is 4.17. The van der Waals surface area contributed by atoms with E-state index in [1.54, 1.807) is 0 Å². The highest BCUT2D eigenvalue weighted by atomic mass is 14.8. The zero-order valence-corrected chi connectivity index (χ0v) is 10.5. The summed E-state index contributed by atoms with van der Waals surface area (Å²) in [5.74, 6) is 0.488. The molecule has 0 spiro atoms. The fraction of sp³-hybridized carbons (Fsp3) is 0.333. The molecule has 0 bridgehead atoms. The molecule has 0 aromatic carbocycles. The molecule has 0 saturated carbocycles. The first-order valence-electron chi connectivity index (χ1n) is 5.73. The molecular weight excluding hydrogens is 194 g/mol. The molecule has 0 heterocycles. The van der Waals surface area contributed by atoms with Gasteiger partial charge in [-0.2, -0.15) is 0 Å². The van der Waals surface area contributed by atoms with E-state index in [0.717, 1.165) is 17.7 Å². The Kier molecular flexibility index (Phi) is 4.84. The normalized spacial score (nSPS) is 32.7. The average molecular weight is 215 g/mol. The second kappa shape index (κ2) is 6.16. The van der Waals surface area contributed by atoms with Crippen LogP contribution in [-0.2, 0) is 0 Å². The van der Waals surface area contributed by atoms with Gasteiger partial charge in [-0.15, -0.1) is 0 Å². The van der Waals surface area contributed by atoms with E-state index in [1.165, 1.54) is 5.57 Å². The van der Waals surface area contributed by atoms with E-state index in [-0.39, 0.29) is 0 Å². The van der Waals surface area contributed by atoms with Gasteiger partial charge >= 0.3 is 0 Å². The molecule has 1 aliphatic carbocycles. The molecule has 86 valence electrons. The van der Waals surface area contributed by atoms with E-state index in [2.05, 4.69) is 50.0 Å². The Morgan fingerprint density at radius 3 is 2.75 bits per heavy atom. The van der Waals surface area contributed by atoms with Crippen LogP contribution < -0.4 is 5.32 Å². The molecule has 1 N–H and O–H groups in total. The van der Waals surface area contributed by atoms with Crippen LogP contribution in [0.15, 0.2) is 59.9 Å². The summed E-state index contributed by atoms with van der Waals surface area (Å²) in [4.78, 5) is 0. The highest BCUT2D eigenvalue weighted by Crippen LogP contribution is 2.16. The van der Waals surface area contributed by atoms with Crippen molar-refractivity contribution in [3.05, 3.63) is 59.9 Å². The fourth-order valence-electron chi connectivity index (χ4n) is 1.77. The van der Waals surface area contributed by atoms with Gasteiger partial charge in [-0.25, -0.2) is 0 Å². The molecule has 1 heteroatoms. The lowest BCUT2D eigenvalue weighted by Crippen LogP contribution is -2.09. The van der Waals surface area contributed by atoms with Gasteiger partial charge in [-0.3, -0.25) is 0 Å². The minimum atomic E-state index is 0.488. The number of likely N-dealkylation sites (N-methyl/N-ethyl adjacent to an activating group) is 1. The van der Waals surface area contributed by atoms with E-state index in [9.17, 15) is 0 Å². The van der Waals surface area contributed by atoms with E-state index in [4.69, 9.17) is 0 Å². The Morgan fingerprint density at radius 1 is 1.31 bits per heavy atom. The van der Waals surface area contributed by atoms with Crippen molar-refractivity contribution in [2.45, 2.75) is 20.3 Å². The summed E-state index contributed by atoms with van der Waals surface area (Å²) >= 11 is 0. The van der Waals surface area contributed by atoms with Crippen LogP contribution in [0.4, 0.5) is 0 Å². The van der Waals surface area contributed by atoms with Crippen LogP contribution in [-0.4, -0.2) is 7.05 Å². The summed E-state index contributed by atoms with van der Waals surface area (Å²) in [6.45, 7) is 8.41. The first-order chi connectivity index (χ1) is 7.65. The average Bonchev–Trinajstić information content (AvgIpc) is 2.26. The summed E-state index contributed by atoms with van der Waals surface area (Å²) in [6.07, 6.45) is 13.8. The Labute approximate surface area is 98.9 Å². The molecule has 0 aromatic heterocycles. The predicted molar refractivity (Wildman–Crippen MR) is 72.1 cm³/mol. The summed E-state index contributed by atoms with van der Waals surface area (Å²) < 4.78 is 0. The van der Waals surface area contributed by atoms with Gasteiger partial charge in [0.25, 0.3) is 0 Å². The molecule has 16 heavy (non-hydrogen) atoms. The Bertz CT molecular complexity index is 367. The summed E-state index contributed by atoms with van der Waals surface area (Å²) in [5.41, 5.74) is 3.50. The van der Waals surface area contributed by atoms with E-state index in [0.29, 0.717) is 5.92 Å². The molecule has 0 saturated heterocycles. The molecule has 0 amide bonds. The third-order valence-corrected chi connectivity index (χ3v) is 2.68. The first kappa shape index (κ1) is 12.6. The molecule has 1 unspecified atom stereocenters. The van der Waals surface area contributed by atoms with Crippen LogP contribution in [0.5, 0.6) is 0 Å². The highest BCUT2D eigenvalue weighted by molar-refractivity contribution is 5.40. The SMILES string of the molecule is C=C1/C=C\C=C/C(C)/C=C\C/C(C)=C\1NC. The lowest BCUT2D eigenvalue weighted by Gasteiger charge is -2.10. The predicted octanol–water partition coefficient (Wildman–Crippen LogP) is 3.74. The molecular formula is C15H21N. The van der Waals surface area contributed by atoms with Crippen molar-refractivity contribution in [1.29, 1.82) is 0 Å². The number of nitrogens with one attached hydrogen (secondary N) is 1. The topological polar surface area (TPSA) is 12.0 Å². The number of allylic oxidation sites excluding steroid dienone is 7. The molecule has 0 fully saturated rings. The largest absolute Gasteiger partial charge is 0.388 e. The van der Waals surface area contributed by atoms with Crippen molar-refractivity contribution in [2.75, 3.05) is 7.05 Å². The number of rotatable bonds is 1. The van der Waals surface area contributed by atoms with E-state index in [1.807, 2.05) is 19.2 Å². The quantitative estimate of drug-likeness (QED) is 0.657. The molecule has 1 atom stereocenters. The third-order valence-electron chi connectivity index (χ3n) is 2.68. The minimum absolute atomic E-state index is 0.488. The van der Waals surface area contributed by atoms with Crippen LogP contribution in [0.3, 0.4) is 0 Å². The first-order valence-corrected chi connectivity index (χ1v) is 5.73. The van der Waals surface area contributed by atoms with Crippen molar-refractivity contribution >= 4 is 0 Å². The Hall–Kier alpha value is -1.50. The van der Waals surface area contributed by atoms with Gasteiger partial charge in [-0.05, 0) is 30.4 Å². The molecule has 1 rings (SSSR count). The maximum absolute atomic E-state index is 4.08. The van der Waals surface area contributed by atoms with E-state index >= 15 is 0 Å². The molecule has 0 radical (unpaired) electrons. The van der Waals surface area contributed by atoms with Gasteiger partial charge in [0.15, 0.2) is 0 Å². The van der Waals surface area contributed by atoms with Crippen molar-refractivity contribution in [2.24, 2.45) is 5.92 Å². The number of hydrogen-bond acceptors (Lipinski definition) is 1. The van der Waals surface area contributed by atoms with Crippen molar-refractivity contribution in [1.82, 2.24) is 5.32 Å². The molecule has 1 aliphatic rings. The van der Waals surface area contributed by atoms with Gasteiger partial charge < -0.3 is 5.32 Å². The highest BCUT2D eigenvalue weighted by Gasteiger charge is 2.02. The lowest BCUT2D eigenvalue weighted by molar-refractivity contribution is 0.925. The van der Waals surface area contributed by atoms with Gasteiger partial charge in [0.1, 0.15) is 0 Å². The lowest BCUT2D eigenvalue weighted by atomic mass is 10.1. The van der Waals surface area contributed by atoms with Crippen LogP contribution in [0.25, 0.3) is 0 Å². The standard InChI is InChI=1S/C15H21N/c1-12-8-5-6-10-13(2)15(16-4)14(3)11-7-9-12/h5-10,12,16H,2,11H2,1,3-4H3/b8-5-,9-7-,10-6-,15-14+. The molecule has 1 nitrogen and oxygen atoms in total. The van der Waals surface area contributed by atoms with Gasteiger partial charge in [0.2, 0.25) is 0 Å². The summed E-state index contributed by atoms with van der Waals surface area (Å²) in [6, 6.07) is 0. The summed E-state index contributed by atoms with van der Waals surface area (Å²) in [5, 5.41) is 3.22. The van der Waals surface area contributed by atoms with Gasteiger partial charge in [0.05, 0.1) is 0 Å². The van der Waals surface area contributed by atoms with Crippen molar-refractivity contribution in [3.63, 3.8) is 0 Å². The number of hydrogen-bond donors (Lipinski definition) is 1. The zero-order chi connectivity index (χ0) is 12.0. The molecule has 0 aromatic rings. The fourth-order valence-corrected chi connectivity index (χ4v) is 1.77. The minimum Gasteiger partial charge on any atom is -0.388 e. The van der Waals surface area contributed by atoms with Gasteiger partial charge in [0, 0.05) is 12.7 Å². The Balaban J connectivity index is 3.03. The zero-order valence-electron chi connectivity index (χ0n) is 10.5. The van der Waals surface area contributed by atoms with Gasteiger partial charge in [-0.1, -0.05) is 50.0 Å². The van der Waals surface area contributed by atoms with Crippen LogP contribution in [0, 0.1) is 5.92 Å². The van der Waals surface area contributed by atoms with Crippen LogP contribution in [0.2, 0.25) is 0 Å². The third kappa shape index (κ3) is 3.58. The Morgan fingerprint density at radius 2 is 2.06 bits per heavy atom.